The van der Waals surface area contributed by atoms with Crippen LogP contribution in [0.2, 0.25) is 5.02 Å². The van der Waals surface area contributed by atoms with Gasteiger partial charge >= 0.3 is 0 Å². The van der Waals surface area contributed by atoms with Crippen molar-refractivity contribution >= 4 is 23.4 Å². The minimum atomic E-state index is -0.534. The van der Waals surface area contributed by atoms with Crippen LogP contribution in [0.25, 0.3) is 0 Å². The van der Waals surface area contributed by atoms with Crippen LogP contribution in [0, 0.1) is 0 Å². The molecule has 23 heavy (non-hydrogen) atoms. The van der Waals surface area contributed by atoms with Crippen molar-refractivity contribution in [2.24, 2.45) is 7.05 Å². The average Bonchev–Trinajstić information content (AvgIpc) is 3.31. The molecular weight excluding hydrogens is 334 g/mol. The molecule has 1 aliphatic carbocycles. The highest BCUT2D eigenvalue weighted by molar-refractivity contribution is 7.99. The van der Waals surface area contributed by atoms with Crippen LogP contribution in [-0.2, 0) is 18.4 Å². The van der Waals surface area contributed by atoms with Crippen molar-refractivity contribution < 1.29 is 9.84 Å². The van der Waals surface area contributed by atoms with E-state index in [1.807, 2.05) is 35.9 Å². The Labute approximate surface area is 145 Å². The zero-order valence-electron chi connectivity index (χ0n) is 13.0. The molecule has 0 aliphatic heterocycles. The number of benzene rings is 1. The van der Waals surface area contributed by atoms with Crippen molar-refractivity contribution in [1.82, 2.24) is 14.8 Å². The van der Waals surface area contributed by atoms with Crippen molar-refractivity contribution in [1.29, 1.82) is 0 Å². The summed E-state index contributed by atoms with van der Waals surface area (Å²) in [6, 6.07) is 7.50. The van der Waals surface area contributed by atoms with Gasteiger partial charge in [0.25, 0.3) is 0 Å². The molecular formula is C16H20ClN3O2S. The molecule has 124 valence electrons. The molecule has 1 atom stereocenters. The molecule has 1 N–H and O–H groups in total. The molecule has 1 saturated carbocycles. The molecule has 2 aromatic rings. The predicted octanol–water partition coefficient (Wildman–Crippen LogP) is 3.02. The smallest absolute Gasteiger partial charge is 0.191 e. The molecule has 0 saturated heterocycles. The minimum Gasteiger partial charge on any atom is -0.390 e. The monoisotopic (exact) mass is 353 g/mol. The van der Waals surface area contributed by atoms with Gasteiger partial charge in [0.1, 0.15) is 5.82 Å². The Morgan fingerprint density at radius 1 is 1.35 bits per heavy atom. The third-order valence-electron chi connectivity index (χ3n) is 3.71. The molecule has 0 spiro atoms. The number of hydrogen-bond acceptors (Lipinski definition) is 5. The van der Waals surface area contributed by atoms with Gasteiger partial charge in [0.15, 0.2) is 5.16 Å². The topological polar surface area (TPSA) is 60.2 Å². The first-order valence-corrected chi connectivity index (χ1v) is 9.02. The highest BCUT2D eigenvalue weighted by atomic mass is 35.5. The first-order chi connectivity index (χ1) is 11.1. The molecule has 7 heteroatoms. The lowest BCUT2D eigenvalue weighted by atomic mass is 10.2. The Bertz CT molecular complexity index is 643. The number of aliphatic hydroxyl groups excluding tert-OH is 1. The summed E-state index contributed by atoms with van der Waals surface area (Å²) in [6.07, 6.45) is 1.88. The van der Waals surface area contributed by atoms with E-state index in [9.17, 15) is 5.11 Å². The van der Waals surface area contributed by atoms with E-state index in [1.54, 1.807) is 0 Å². The second kappa shape index (κ2) is 7.66. The maximum atomic E-state index is 10.0. The summed E-state index contributed by atoms with van der Waals surface area (Å²) in [5, 5.41) is 20.0. The molecule has 5 nitrogen and oxygen atoms in total. The summed E-state index contributed by atoms with van der Waals surface area (Å²) in [4.78, 5) is 0. The first kappa shape index (κ1) is 16.8. The number of halogens is 1. The summed E-state index contributed by atoms with van der Waals surface area (Å²) in [7, 11) is 1.99. The lowest BCUT2D eigenvalue weighted by Crippen LogP contribution is -2.18. The number of thioether (sulfide) groups is 1. The van der Waals surface area contributed by atoms with Gasteiger partial charge in [0.05, 0.1) is 19.3 Å². The second-order valence-electron chi connectivity index (χ2n) is 5.78. The maximum Gasteiger partial charge on any atom is 0.191 e. The second-order valence-corrected chi connectivity index (χ2v) is 7.20. The van der Waals surface area contributed by atoms with Gasteiger partial charge in [-0.1, -0.05) is 35.5 Å². The molecule has 1 aliphatic rings. The maximum absolute atomic E-state index is 10.0. The normalized spacial score (nSPS) is 15.8. The fourth-order valence-electron chi connectivity index (χ4n) is 2.26. The van der Waals surface area contributed by atoms with Crippen molar-refractivity contribution in [2.75, 3.05) is 12.4 Å². The highest BCUT2D eigenvalue weighted by Crippen LogP contribution is 2.39. The van der Waals surface area contributed by atoms with Gasteiger partial charge < -0.3 is 14.4 Å². The molecule has 1 aromatic heterocycles. The highest BCUT2D eigenvalue weighted by Gasteiger charge is 2.29. The summed E-state index contributed by atoms with van der Waals surface area (Å²) in [5.74, 6) is 2.17. The van der Waals surface area contributed by atoms with Crippen molar-refractivity contribution in [2.45, 2.75) is 36.6 Å². The van der Waals surface area contributed by atoms with Gasteiger partial charge in [-0.3, -0.25) is 0 Å². The Morgan fingerprint density at radius 2 is 2.09 bits per heavy atom. The van der Waals surface area contributed by atoms with Crippen LogP contribution in [0.3, 0.4) is 0 Å². The van der Waals surface area contributed by atoms with E-state index in [0.717, 1.165) is 16.5 Å². The Hall–Kier alpha value is -1.08. The van der Waals surface area contributed by atoms with Gasteiger partial charge in [0, 0.05) is 23.7 Å². The fourth-order valence-corrected chi connectivity index (χ4v) is 3.21. The van der Waals surface area contributed by atoms with E-state index in [1.165, 1.54) is 24.6 Å². The molecule has 1 heterocycles. The average molecular weight is 354 g/mol. The van der Waals surface area contributed by atoms with Crippen molar-refractivity contribution in [3.63, 3.8) is 0 Å². The summed E-state index contributed by atoms with van der Waals surface area (Å²) < 4.78 is 7.58. The number of hydrogen-bond donors (Lipinski definition) is 1. The van der Waals surface area contributed by atoms with Gasteiger partial charge in [-0.2, -0.15) is 0 Å². The van der Waals surface area contributed by atoms with Crippen LogP contribution in [0.5, 0.6) is 0 Å². The Balaban J connectivity index is 1.39. The van der Waals surface area contributed by atoms with Gasteiger partial charge in [-0.15, -0.1) is 10.2 Å². The van der Waals surface area contributed by atoms with E-state index >= 15 is 0 Å². The van der Waals surface area contributed by atoms with E-state index in [4.69, 9.17) is 16.3 Å². The van der Waals surface area contributed by atoms with Gasteiger partial charge in [-0.25, -0.2) is 0 Å². The van der Waals surface area contributed by atoms with E-state index < -0.39 is 6.10 Å². The summed E-state index contributed by atoms with van der Waals surface area (Å²) in [5.41, 5.74) is 1.04. The van der Waals surface area contributed by atoms with Gasteiger partial charge in [0.2, 0.25) is 0 Å². The van der Waals surface area contributed by atoms with Crippen LogP contribution in [0.1, 0.15) is 30.1 Å². The third-order valence-corrected chi connectivity index (χ3v) is 5.13. The Kier molecular flexibility index (Phi) is 5.58. The van der Waals surface area contributed by atoms with Gasteiger partial charge in [-0.05, 0) is 30.5 Å². The van der Waals surface area contributed by atoms with E-state index in [2.05, 4.69) is 10.2 Å². The quantitative estimate of drug-likeness (QED) is 0.739. The minimum absolute atomic E-state index is 0.295. The van der Waals surface area contributed by atoms with Crippen LogP contribution in [-0.4, -0.2) is 38.3 Å². The zero-order chi connectivity index (χ0) is 16.2. The third kappa shape index (κ3) is 4.70. The number of ether oxygens (including phenoxy) is 1. The molecule has 0 bridgehead atoms. The number of nitrogens with zero attached hydrogens (tertiary/aromatic N) is 3. The van der Waals surface area contributed by atoms with Crippen molar-refractivity contribution in [3.8, 4) is 0 Å². The largest absolute Gasteiger partial charge is 0.390 e. The van der Waals surface area contributed by atoms with E-state index in [0.29, 0.717) is 29.9 Å². The van der Waals surface area contributed by atoms with Crippen LogP contribution < -0.4 is 0 Å². The lowest BCUT2D eigenvalue weighted by molar-refractivity contribution is 0.0397. The molecule has 0 radical (unpaired) electrons. The van der Waals surface area contributed by atoms with Crippen LogP contribution in [0.15, 0.2) is 29.4 Å². The molecule has 3 rings (SSSR count). The molecule has 1 fully saturated rings. The van der Waals surface area contributed by atoms with Crippen molar-refractivity contribution in [3.05, 3.63) is 40.7 Å². The Morgan fingerprint density at radius 3 is 2.78 bits per heavy atom. The lowest BCUT2D eigenvalue weighted by Gasteiger charge is -2.11. The SMILES string of the molecule is Cn1c(SC[C@H](O)COCc2ccc(Cl)cc2)nnc1C1CC1. The van der Waals surface area contributed by atoms with E-state index in [-0.39, 0.29) is 0 Å². The summed E-state index contributed by atoms with van der Waals surface area (Å²) >= 11 is 7.35. The molecule has 0 unspecified atom stereocenters. The fraction of sp³-hybridized carbons (Fsp3) is 0.500. The van der Waals surface area contributed by atoms with Crippen LogP contribution >= 0.6 is 23.4 Å². The number of aliphatic hydroxyl groups is 1. The number of rotatable bonds is 8. The zero-order valence-corrected chi connectivity index (χ0v) is 14.6. The molecule has 0 amide bonds. The van der Waals surface area contributed by atoms with Crippen LogP contribution in [0.4, 0.5) is 0 Å². The first-order valence-electron chi connectivity index (χ1n) is 7.66. The predicted molar refractivity (Wildman–Crippen MR) is 90.8 cm³/mol. The standard InChI is InChI=1S/C16H20ClN3O2S/c1-20-15(12-4-5-12)18-19-16(20)23-10-14(21)9-22-8-11-2-6-13(17)7-3-11/h2-3,6-7,12,14,21H,4-5,8-10H2,1H3/t14-/m1/s1. The summed E-state index contributed by atoms with van der Waals surface area (Å²) in [6.45, 7) is 0.762. The molecule has 1 aromatic carbocycles. The number of aromatic nitrogens is 3.